The van der Waals surface area contributed by atoms with Crippen LogP contribution in [-0.2, 0) is 33.2 Å². The van der Waals surface area contributed by atoms with Crippen molar-refractivity contribution in [3.05, 3.63) is 77.9 Å². The zero-order valence-electron chi connectivity index (χ0n) is 15.9. The van der Waals surface area contributed by atoms with Gasteiger partial charge >= 0.3 is 0 Å². The summed E-state index contributed by atoms with van der Waals surface area (Å²) >= 11 is 0. The van der Waals surface area contributed by atoms with Gasteiger partial charge in [-0.15, -0.1) is 0 Å². The van der Waals surface area contributed by atoms with Gasteiger partial charge in [0.25, 0.3) is 10.1 Å². The molecule has 3 aromatic rings. The largest absolute Gasteiger partial charge is 0.505 e. The third-order valence-corrected chi connectivity index (χ3v) is 6.88. The van der Waals surface area contributed by atoms with Crippen molar-refractivity contribution in [1.29, 1.82) is 0 Å². The molecule has 2 heterocycles. The quantitative estimate of drug-likeness (QED) is 0.523. The van der Waals surface area contributed by atoms with Crippen LogP contribution in [0.3, 0.4) is 0 Å². The SMILES string of the molecule is Cc1cc(S(=O)(=O)O)c(O)c(S(=O)(=O)N(Cc2ccccn2)Cc2ccccn2)c1. The van der Waals surface area contributed by atoms with Crippen molar-refractivity contribution in [3.8, 4) is 5.75 Å². The van der Waals surface area contributed by atoms with Crippen LogP contribution in [0, 0.1) is 6.92 Å². The highest BCUT2D eigenvalue weighted by Crippen LogP contribution is 2.34. The summed E-state index contributed by atoms with van der Waals surface area (Å²) < 4.78 is 60.5. The zero-order valence-corrected chi connectivity index (χ0v) is 17.5. The van der Waals surface area contributed by atoms with E-state index in [1.807, 2.05) is 0 Å². The number of pyridine rings is 2. The molecule has 0 atom stereocenters. The van der Waals surface area contributed by atoms with Gasteiger partial charge < -0.3 is 5.11 Å². The Morgan fingerprint density at radius 3 is 1.80 bits per heavy atom. The van der Waals surface area contributed by atoms with Crippen LogP contribution in [-0.4, -0.2) is 40.8 Å². The number of benzene rings is 1. The summed E-state index contributed by atoms with van der Waals surface area (Å²) in [6.07, 6.45) is 3.03. The Balaban J connectivity index is 2.13. The molecule has 0 saturated carbocycles. The molecule has 0 saturated heterocycles. The zero-order chi connectivity index (χ0) is 21.9. The molecule has 3 rings (SSSR count). The van der Waals surface area contributed by atoms with Crippen LogP contribution in [0.15, 0.2) is 70.7 Å². The van der Waals surface area contributed by atoms with E-state index in [4.69, 9.17) is 0 Å². The molecule has 0 spiro atoms. The van der Waals surface area contributed by atoms with Gasteiger partial charge in [-0.1, -0.05) is 12.1 Å². The molecule has 0 amide bonds. The van der Waals surface area contributed by atoms with E-state index in [9.17, 15) is 26.5 Å². The van der Waals surface area contributed by atoms with Crippen molar-refractivity contribution in [1.82, 2.24) is 14.3 Å². The molecule has 2 aromatic heterocycles. The number of aromatic hydroxyl groups is 1. The third-order valence-electron chi connectivity index (χ3n) is 4.21. The Bertz CT molecular complexity index is 1210. The maximum atomic E-state index is 13.4. The number of aromatic nitrogens is 2. The van der Waals surface area contributed by atoms with E-state index in [-0.39, 0.29) is 18.7 Å². The molecular weight excluding hydrogens is 430 g/mol. The van der Waals surface area contributed by atoms with Crippen molar-refractivity contribution in [3.63, 3.8) is 0 Å². The van der Waals surface area contributed by atoms with E-state index < -0.39 is 35.7 Å². The highest BCUT2D eigenvalue weighted by molar-refractivity contribution is 7.89. The van der Waals surface area contributed by atoms with Gasteiger partial charge in [-0.2, -0.15) is 12.7 Å². The molecule has 9 nitrogen and oxygen atoms in total. The number of aryl methyl sites for hydroxylation is 1. The van der Waals surface area contributed by atoms with Crippen LogP contribution < -0.4 is 0 Å². The highest BCUT2D eigenvalue weighted by atomic mass is 32.2. The second kappa shape index (κ2) is 8.48. The van der Waals surface area contributed by atoms with Crippen LogP contribution in [0.1, 0.15) is 17.0 Å². The number of phenols is 1. The van der Waals surface area contributed by atoms with Crippen molar-refractivity contribution in [2.24, 2.45) is 0 Å². The van der Waals surface area contributed by atoms with Crippen LogP contribution >= 0.6 is 0 Å². The molecule has 0 aliphatic heterocycles. The van der Waals surface area contributed by atoms with Gasteiger partial charge in [0.2, 0.25) is 10.0 Å². The van der Waals surface area contributed by atoms with Crippen LogP contribution in [0.25, 0.3) is 0 Å². The first kappa shape index (κ1) is 21.8. The number of sulfonamides is 1. The summed E-state index contributed by atoms with van der Waals surface area (Å²) in [5, 5.41) is 10.4. The number of nitrogens with zero attached hydrogens (tertiary/aromatic N) is 3. The minimum Gasteiger partial charge on any atom is -0.505 e. The summed E-state index contributed by atoms with van der Waals surface area (Å²) in [7, 11) is -9.25. The second-order valence-electron chi connectivity index (χ2n) is 6.50. The Hall–Kier alpha value is -2.86. The molecule has 0 unspecified atom stereocenters. The standard InChI is InChI=1S/C19H19N3O6S2/c1-14-10-17(19(23)18(11-14)30(26,27)28)29(24,25)22(12-15-6-2-4-8-20-15)13-16-7-3-5-9-21-16/h2-11,23H,12-13H2,1H3,(H,26,27,28). The summed E-state index contributed by atoms with van der Waals surface area (Å²) in [5.41, 5.74) is 1.12. The Morgan fingerprint density at radius 2 is 1.37 bits per heavy atom. The molecular formula is C19H19N3O6S2. The fraction of sp³-hybridized carbons (Fsp3) is 0.158. The van der Waals surface area contributed by atoms with Crippen LogP contribution in [0.2, 0.25) is 0 Å². The van der Waals surface area contributed by atoms with Crippen LogP contribution in [0.5, 0.6) is 5.75 Å². The second-order valence-corrected chi connectivity index (χ2v) is 9.80. The van der Waals surface area contributed by atoms with Gasteiger partial charge in [0, 0.05) is 12.4 Å². The third kappa shape index (κ3) is 4.82. The maximum Gasteiger partial charge on any atom is 0.298 e. The Morgan fingerprint density at radius 1 is 0.867 bits per heavy atom. The molecule has 30 heavy (non-hydrogen) atoms. The van der Waals surface area contributed by atoms with Gasteiger partial charge in [-0.05, 0) is 48.9 Å². The topological polar surface area (TPSA) is 138 Å². The minimum atomic E-state index is -4.84. The lowest BCUT2D eigenvalue weighted by Crippen LogP contribution is -2.31. The molecule has 0 aliphatic rings. The summed E-state index contributed by atoms with van der Waals surface area (Å²) in [5.74, 6) is -1.05. The van der Waals surface area contributed by atoms with Gasteiger partial charge in [0.05, 0.1) is 24.5 Å². The molecule has 0 fully saturated rings. The van der Waals surface area contributed by atoms with E-state index >= 15 is 0 Å². The first-order valence-corrected chi connectivity index (χ1v) is 11.6. The summed E-state index contributed by atoms with van der Waals surface area (Å²) in [6, 6.07) is 12.2. The van der Waals surface area contributed by atoms with Gasteiger partial charge in [0.1, 0.15) is 9.79 Å². The average molecular weight is 450 g/mol. The predicted octanol–water partition coefficient (Wildman–Crippen LogP) is 2.13. The maximum absolute atomic E-state index is 13.4. The van der Waals surface area contributed by atoms with E-state index in [2.05, 4.69) is 9.97 Å². The molecule has 1 aromatic carbocycles. The van der Waals surface area contributed by atoms with Gasteiger partial charge in [-0.3, -0.25) is 14.5 Å². The minimum absolute atomic E-state index is 0.145. The van der Waals surface area contributed by atoms with E-state index in [1.165, 1.54) is 19.3 Å². The lowest BCUT2D eigenvalue weighted by Gasteiger charge is -2.23. The molecule has 158 valence electrons. The predicted molar refractivity (Wildman–Crippen MR) is 108 cm³/mol. The van der Waals surface area contributed by atoms with Crippen molar-refractivity contribution >= 4 is 20.1 Å². The smallest absolute Gasteiger partial charge is 0.298 e. The lowest BCUT2D eigenvalue weighted by atomic mass is 10.2. The van der Waals surface area contributed by atoms with Gasteiger partial charge in [0.15, 0.2) is 5.75 Å². The normalized spacial score (nSPS) is 12.2. The summed E-state index contributed by atoms with van der Waals surface area (Å²) in [6.45, 7) is 1.16. The van der Waals surface area contributed by atoms with E-state index in [0.717, 1.165) is 16.4 Å². The van der Waals surface area contributed by atoms with Gasteiger partial charge in [-0.25, -0.2) is 8.42 Å². The Labute approximate surface area is 174 Å². The fourth-order valence-electron chi connectivity index (χ4n) is 2.82. The van der Waals surface area contributed by atoms with E-state index in [0.29, 0.717) is 11.4 Å². The molecule has 0 bridgehead atoms. The number of phenolic OH excluding ortho intramolecular Hbond substituents is 1. The first-order valence-electron chi connectivity index (χ1n) is 8.70. The number of hydrogen-bond donors (Lipinski definition) is 2. The number of hydrogen-bond acceptors (Lipinski definition) is 7. The summed E-state index contributed by atoms with van der Waals surface area (Å²) in [4.78, 5) is 6.76. The first-order chi connectivity index (χ1) is 14.1. The monoisotopic (exact) mass is 449 g/mol. The lowest BCUT2D eigenvalue weighted by molar-refractivity contribution is 0.384. The van der Waals surface area contributed by atoms with Crippen molar-refractivity contribution in [2.75, 3.05) is 0 Å². The van der Waals surface area contributed by atoms with Crippen LogP contribution in [0.4, 0.5) is 0 Å². The number of rotatable bonds is 7. The average Bonchev–Trinajstić information content (AvgIpc) is 2.69. The molecule has 0 aliphatic carbocycles. The van der Waals surface area contributed by atoms with E-state index in [1.54, 1.807) is 36.4 Å². The molecule has 2 N–H and O–H groups in total. The molecule has 11 heteroatoms. The Kier molecular flexibility index (Phi) is 6.17. The highest BCUT2D eigenvalue weighted by Gasteiger charge is 2.32. The van der Waals surface area contributed by atoms with Crippen molar-refractivity contribution < 1.29 is 26.5 Å². The fourth-order valence-corrected chi connectivity index (χ4v) is 5.14. The van der Waals surface area contributed by atoms with Crippen molar-refractivity contribution in [2.45, 2.75) is 29.8 Å². The molecule has 0 radical (unpaired) electrons.